The summed E-state index contributed by atoms with van der Waals surface area (Å²) < 4.78 is 2.45. The van der Waals surface area contributed by atoms with Gasteiger partial charge in [0.15, 0.2) is 0 Å². The molecule has 0 atom stereocenters. The fourth-order valence-electron chi connectivity index (χ4n) is 14.1. The van der Waals surface area contributed by atoms with Crippen LogP contribution in [0.15, 0.2) is 237 Å². The Balaban J connectivity index is 0.908. The first kappa shape index (κ1) is 44.7. The van der Waals surface area contributed by atoms with Crippen molar-refractivity contribution in [2.24, 2.45) is 0 Å². The number of aromatic nitrogens is 1. The van der Waals surface area contributed by atoms with Crippen LogP contribution in [-0.2, 0) is 16.2 Å². The van der Waals surface area contributed by atoms with E-state index in [1.807, 2.05) is 0 Å². The van der Waals surface area contributed by atoms with Gasteiger partial charge in [0.1, 0.15) is 0 Å². The average Bonchev–Trinajstić information content (AvgIpc) is 4.26. The zero-order valence-corrected chi connectivity index (χ0v) is 44.0. The second-order valence-corrected chi connectivity index (χ2v) is 23.2. The molecule has 1 heterocycles. The van der Waals surface area contributed by atoms with E-state index in [0.717, 1.165) is 0 Å². The zero-order valence-electron chi connectivity index (χ0n) is 44.0. The van der Waals surface area contributed by atoms with Crippen LogP contribution in [0.5, 0.6) is 0 Å². The number of rotatable bonds is 6. The molecule has 11 aromatic carbocycles. The third-order valence-corrected chi connectivity index (χ3v) is 18.0. The molecule has 0 saturated heterocycles. The number of benzene rings is 11. The van der Waals surface area contributed by atoms with Crippen molar-refractivity contribution in [1.82, 2.24) is 4.57 Å². The highest BCUT2D eigenvalue weighted by molar-refractivity contribution is 6.22. The summed E-state index contributed by atoms with van der Waals surface area (Å²) in [6, 6.07) is 89.6. The molecule has 3 aliphatic rings. The van der Waals surface area contributed by atoms with Crippen molar-refractivity contribution in [3.8, 4) is 95.0 Å². The molecular formula is C75H57N. The molecule has 0 N–H and O–H groups in total. The number of hydrogen-bond donors (Lipinski definition) is 0. The topological polar surface area (TPSA) is 4.93 Å². The summed E-state index contributed by atoms with van der Waals surface area (Å²) in [6.45, 7) is 14.4. The predicted octanol–water partition coefficient (Wildman–Crippen LogP) is 20.0. The van der Waals surface area contributed by atoms with Crippen LogP contribution in [0.1, 0.15) is 74.9 Å². The summed E-state index contributed by atoms with van der Waals surface area (Å²) in [5, 5.41) is 5.08. The molecule has 0 aliphatic heterocycles. The number of fused-ring (bicyclic) bond motifs is 11. The molecule has 12 aromatic rings. The first-order valence-corrected chi connectivity index (χ1v) is 27.1. The van der Waals surface area contributed by atoms with Crippen molar-refractivity contribution in [3.05, 3.63) is 270 Å². The largest absolute Gasteiger partial charge is 0.309 e. The normalized spacial score (nSPS) is 14.8. The number of nitrogens with zero attached hydrogens (tertiary/aromatic N) is 1. The van der Waals surface area contributed by atoms with Crippen LogP contribution in [0, 0.1) is 0 Å². The lowest BCUT2D eigenvalue weighted by Gasteiger charge is -2.24. The minimum Gasteiger partial charge on any atom is -0.309 e. The third-order valence-electron chi connectivity index (χ3n) is 18.0. The molecule has 1 heteroatoms. The van der Waals surface area contributed by atoms with Crippen molar-refractivity contribution in [3.63, 3.8) is 0 Å². The van der Waals surface area contributed by atoms with E-state index in [9.17, 15) is 0 Å². The Kier molecular flexibility index (Phi) is 9.47. The Hall–Kier alpha value is -8.78. The summed E-state index contributed by atoms with van der Waals surface area (Å²) in [5.74, 6) is 0. The fourth-order valence-corrected chi connectivity index (χ4v) is 14.1. The van der Waals surface area contributed by atoms with E-state index >= 15 is 0 Å². The lowest BCUT2D eigenvalue weighted by Crippen LogP contribution is -2.15. The maximum Gasteiger partial charge on any atom is 0.0535 e. The first-order valence-electron chi connectivity index (χ1n) is 27.1. The molecular weight excluding hydrogens is 915 g/mol. The van der Waals surface area contributed by atoms with Crippen molar-refractivity contribution < 1.29 is 0 Å². The van der Waals surface area contributed by atoms with Crippen LogP contribution in [-0.4, -0.2) is 4.57 Å². The molecule has 0 radical (unpaired) electrons. The molecule has 0 unspecified atom stereocenters. The van der Waals surface area contributed by atoms with Gasteiger partial charge in [-0.1, -0.05) is 230 Å². The minimum atomic E-state index is -0.245. The Morgan fingerprint density at radius 3 is 1.12 bits per heavy atom. The smallest absolute Gasteiger partial charge is 0.0535 e. The standard InChI is InChI=1S/C75H57N/c1-73(2)63-27-17-15-23-53(63)55-35-31-50(43-66(55)73)71-59-25-13-14-26-60(59)72(51-32-36-56-54-24-16-18-28-64(54)74(3,4)67(56)44-51)62-41-48(30-37-61(62)71)49-29-34-57-58-38-33-52(45-68(58)75(5,6)65(57)42-49)76-69(46-19-9-7-10-20-46)39-40-70(76)47-21-11-8-12-22-47/h7-45H,1-6H3. The van der Waals surface area contributed by atoms with E-state index in [1.54, 1.807) is 0 Å². The van der Waals surface area contributed by atoms with Crippen molar-refractivity contribution in [1.29, 1.82) is 0 Å². The van der Waals surface area contributed by atoms with Gasteiger partial charge in [-0.05, 0) is 181 Å². The van der Waals surface area contributed by atoms with E-state index in [1.165, 1.54) is 150 Å². The molecule has 15 rings (SSSR count). The highest BCUT2D eigenvalue weighted by Crippen LogP contribution is 2.55. The molecule has 0 amide bonds. The van der Waals surface area contributed by atoms with Gasteiger partial charge in [0.2, 0.25) is 0 Å². The highest BCUT2D eigenvalue weighted by atomic mass is 15.0. The Morgan fingerprint density at radius 1 is 0.237 bits per heavy atom. The Morgan fingerprint density at radius 2 is 0.592 bits per heavy atom. The van der Waals surface area contributed by atoms with Crippen LogP contribution < -0.4 is 0 Å². The van der Waals surface area contributed by atoms with Crippen LogP contribution in [0.4, 0.5) is 0 Å². The Labute approximate surface area is 446 Å². The molecule has 362 valence electrons. The van der Waals surface area contributed by atoms with Crippen molar-refractivity contribution in [2.75, 3.05) is 0 Å². The summed E-state index contributed by atoms with van der Waals surface area (Å²) in [4.78, 5) is 0. The van der Waals surface area contributed by atoms with Gasteiger partial charge in [0.05, 0.1) is 11.4 Å². The maximum atomic E-state index is 2.51. The second kappa shape index (κ2) is 16.1. The molecule has 0 saturated carbocycles. The second-order valence-electron chi connectivity index (χ2n) is 23.2. The quantitative estimate of drug-likeness (QED) is 0.146. The summed E-state index contributed by atoms with van der Waals surface area (Å²) in [5.41, 5.74) is 29.3. The van der Waals surface area contributed by atoms with E-state index in [2.05, 4.69) is 283 Å². The molecule has 1 nitrogen and oxygen atoms in total. The lowest BCUT2D eigenvalue weighted by atomic mass is 9.79. The van der Waals surface area contributed by atoms with Gasteiger partial charge in [-0.15, -0.1) is 0 Å². The Bertz CT molecular complexity index is 4350. The van der Waals surface area contributed by atoms with Crippen LogP contribution in [0.3, 0.4) is 0 Å². The van der Waals surface area contributed by atoms with Gasteiger partial charge < -0.3 is 4.57 Å². The molecule has 3 aliphatic carbocycles. The van der Waals surface area contributed by atoms with Crippen LogP contribution in [0.25, 0.3) is 117 Å². The average molecular weight is 972 g/mol. The monoisotopic (exact) mass is 971 g/mol. The highest BCUT2D eigenvalue weighted by Gasteiger charge is 2.39. The van der Waals surface area contributed by atoms with E-state index < -0.39 is 0 Å². The molecule has 0 fully saturated rings. The third kappa shape index (κ3) is 6.32. The molecule has 0 spiro atoms. The lowest BCUT2D eigenvalue weighted by molar-refractivity contribution is 0.660. The van der Waals surface area contributed by atoms with Crippen LogP contribution >= 0.6 is 0 Å². The SMILES string of the molecule is CC1(C)c2ccccc2-c2ccc(-c3c4ccccc4c(-c4ccc5c(c4)C(C)(C)c4ccccc4-5)c4cc(-c5ccc6c(c5)C(C)(C)c5cc(-n7c(-c8ccccc8)ccc7-c7ccccc7)ccc5-6)ccc34)cc21. The zero-order chi connectivity index (χ0) is 51.2. The van der Waals surface area contributed by atoms with E-state index in [4.69, 9.17) is 0 Å². The van der Waals surface area contributed by atoms with Gasteiger partial charge in [0.25, 0.3) is 0 Å². The molecule has 1 aromatic heterocycles. The van der Waals surface area contributed by atoms with Crippen LogP contribution in [0.2, 0.25) is 0 Å². The summed E-state index contributed by atoms with van der Waals surface area (Å²) in [6.07, 6.45) is 0. The van der Waals surface area contributed by atoms with Gasteiger partial charge in [0, 0.05) is 21.9 Å². The minimum absolute atomic E-state index is 0.115. The van der Waals surface area contributed by atoms with E-state index in [-0.39, 0.29) is 16.2 Å². The van der Waals surface area contributed by atoms with Gasteiger partial charge in [-0.3, -0.25) is 0 Å². The molecule has 0 bridgehead atoms. The first-order chi connectivity index (χ1) is 37.0. The predicted molar refractivity (Wildman–Crippen MR) is 321 cm³/mol. The van der Waals surface area contributed by atoms with E-state index in [0.29, 0.717) is 0 Å². The van der Waals surface area contributed by atoms with Gasteiger partial charge in [-0.25, -0.2) is 0 Å². The van der Waals surface area contributed by atoms with Crippen molar-refractivity contribution >= 4 is 21.5 Å². The number of hydrogen-bond acceptors (Lipinski definition) is 0. The fraction of sp³-hybridized carbons (Fsp3) is 0.120. The van der Waals surface area contributed by atoms with Gasteiger partial charge >= 0.3 is 0 Å². The van der Waals surface area contributed by atoms with Crippen molar-refractivity contribution in [2.45, 2.75) is 57.8 Å². The van der Waals surface area contributed by atoms with Gasteiger partial charge in [-0.2, -0.15) is 0 Å². The molecule has 76 heavy (non-hydrogen) atoms. The summed E-state index contributed by atoms with van der Waals surface area (Å²) >= 11 is 0. The summed E-state index contributed by atoms with van der Waals surface area (Å²) in [7, 11) is 0. The maximum absolute atomic E-state index is 2.51.